The van der Waals surface area contributed by atoms with Crippen molar-refractivity contribution in [3.63, 3.8) is 0 Å². The molecule has 0 saturated carbocycles. The number of nitrogens with zero attached hydrogens (tertiary/aromatic N) is 2. The molecular formula is C18H18ClFN2O3. The van der Waals surface area contributed by atoms with Crippen molar-refractivity contribution in [1.29, 1.82) is 0 Å². The Morgan fingerprint density at radius 3 is 2.40 bits per heavy atom. The van der Waals surface area contributed by atoms with E-state index in [4.69, 9.17) is 16.3 Å². The van der Waals surface area contributed by atoms with Gasteiger partial charge < -0.3 is 9.64 Å². The van der Waals surface area contributed by atoms with Crippen LogP contribution in [0.15, 0.2) is 42.5 Å². The van der Waals surface area contributed by atoms with E-state index in [0.29, 0.717) is 18.6 Å². The summed E-state index contributed by atoms with van der Waals surface area (Å²) in [5.74, 6) is 0.0373. The molecule has 3 rings (SSSR count). The molecule has 0 bridgehead atoms. The maximum atomic E-state index is 14.0. The predicted octanol–water partition coefficient (Wildman–Crippen LogP) is 4.39. The number of non-ortho nitro benzene ring substituents is 1. The maximum Gasteiger partial charge on any atom is 0.269 e. The molecule has 2 aromatic carbocycles. The Hall–Kier alpha value is -2.18. The van der Waals surface area contributed by atoms with Gasteiger partial charge in [0, 0.05) is 38.1 Å². The zero-order chi connectivity index (χ0) is 18.0. The second-order valence-corrected chi connectivity index (χ2v) is 6.69. The molecule has 0 atom stereocenters. The van der Waals surface area contributed by atoms with Crippen LogP contribution in [0.1, 0.15) is 18.4 Å². The smallest absolute Gasteiger partial charge is 0.269 e. The van der Waals surface area contributed by atoms with Crippen LogP contribution in [0.5, 0.6) is 5.75 Å². The highest BCUT2D eigenvalue weighted by Crippen LogP contribution is 2.39. The standard InChI is InChI=1S/C18H18ClFN2O3/c1-21-10-8-18(9-11-21,13-2-7-16(19)17(20)12-13)25-15-5-3-14(4-6-15)22(23)24/h2-7,12H,8-11H2,1H3. The lowest BCUT2D eigenvalue weighted by atomic mass is 9.84. The highest BCUT2D eigenvalue weighted by atomic mass is 35.5. The molecule has 0 unspecified atom stereocenters. The Kier molecular flexibility index (Phi) is 4.92. The molecule has 7 heteroatoms. The molecule has 1 heterocycles. The third-order valence-electron chi connectivity index (χ3n) is 4.60. The lowest BCUT2D eigenvalue weighted by molar-refractivity contribution is -0.384. The largest absolute Gasteiger partial charge is 0.482 e. The van der Waals surface area contributed by atoms with Crippen LogP contribution in [0.2, 0.25) is 5.02 Å². The average molecular weight is 365 g/mol. The number of benzene rings is 2. The van der Waals surface area contributed by atoms with Crippen molar-refractivity contribution >= 4 is 17.3 Å². The molecule has 1 aliphatic rings. The van der Waals surface area contributed by atoms with Gasteiger partial charge in [-0.2, -0.15) is 0 Å². The van der Waals surface area contributed by atoms with Crippen LogP contribution in [0.4, 0.5) is 10.1 Å². The molecule has 5 nitrogen and oxygen atoms in total. The summed E-state index contributed by atoms with van der Waals surface area (Å²) in [5, 5.41) is 10.9. The molecule has 1 saturated heterocycles. The van der Waals surface area contributed by atoms with Crippen LogP contribution < -0.4 is 4.74 Å². The first kappa shape index (κ1) is 17.6. The Balaban J connectivity index is 1.94. The Bertz CT molecular complexity index is 774. The number of hydrogen-bond acceptors (Lipinski definition) is 4. The molecule has 2 aromatic rings. The summed E-state index contributed by atoms with van der Waals surface area (Å²) in [6.45, 7) is 1.61. The summed E-state index contributed by atoms with van der Waals surface area (Å²) in [6.07, 6.45) is 1.36. The van der Waals surface area contributed by atoms with Gasteiger partial charge in [0.15, 0.2) is 0 Å². The van der Waals surface area contributed by atoms with Crippen molar-refractivity contribution in [1.82, 2.24) is 4.90 Å². The summed E-state index contributed by atoms with van der Waals surface area (Å²) in [4.78, 5) is 12.5. The fourth-order valence-electron chi connectivity index (χ4n) is 3.07. The average Bonchev–Trinajstić information content (AvgIpc) is 2.60. The van der Waals surface area contributed by atoms with E-state index in [0.717, 1.165) is 18.7 Å². The van der Waals surface area contributed by atoms with Crippen LogP contribution in [-0.4, -0.2) is 30.0 Å². The lowest BCUT2D eigenvalue weighted by Gasteiger charge is -2.41. The molecule has 0 radical (unpaired) electrons. The van der Waals surface area contributed by atoms with Crippen LogP contribution in [0, 0.1) is 15.9 Å². The molecule has 132 valence electrons. The van der Waals surface area contributed by atoms with E-state index in [1.807, 2.05) is 7.05 Å². The summed E-state index contributed by atoms with van der Waals surface area (Å²) < 4.78 is 20.2. The predicted molar refractivity (Wildman–Crippen MR) is 93.5 cm³/mol. The minimum absolute atomic E-state index is 0.00214. The van der Waals surface area contributed by atoms with E-state index in [1.165, 1.54) is 24.3 Å². The minimum Gasteiger partial charge on any atom is -0.482 e. The van der Waals surface area contributed by atoms with Gasteiger partial charge in [0.2, 0.25) is 0 Å². The fourth-order valence-corrected chi connectivity index (χ4v) is 3.19. The molecular weight excluding hydrogens is 347 g/mol. The van der Waals surface area contributed by atoms with Crippen molar-refractivity contribution in [2.75, 3.05) is 20.1 Å². The zero-order valence-corrected chi connectivity index (χ0v) is 14.5. The summed E-state index contributed by atoms with van der Waals surface area (Å²) >= 11 is 5.81. The van der Waals surface area contributed by atoms with Crippen molar-refractivity contribution in [3.8, 4) is 5.75 Å². The van der Waals surface area contributed by atoms with Gasteiger partial charge >= 0.3 is 0 Å². The van der Waals surface area contributed by atoms with Gasteiger partial charge in [0.1, 0.15) is 17.2 Å². The van der Waals surface area contributed by atoms with E-state index in [-0.39, 0.29) is 10.7 Å². The third kappa shape index (κ3) is 3.75. The second-order valence-electron chi connectivity index (χ2n) is 6.28. The summed E-state index contributed by atoms with van der Waals surface area (Å²) in [6, 6.07) is 10.7. The van der Waals surface area contributed by atoms with E-state index < -0.39 is 16.3 Å². The van der Waals surface area contributed by atoms with Crippen molar-refractivity contribution < 1.29 is 14.1 Å². The highest BCUT2D eigenvalue weighted by Gasteiger charge is 2.38. The topological polar surface area (TPSA) is 55.6 Å². The molecule has 0 amide bonds. The monoisotopic (exact) mass is 364 g/mol. The first-order chi connectivity index (χ1) is 11.9. The van der Waals surface area contributed by atoms with Gasteiger partial charge in [-0.05, 0) is 36.9 Å². The number of rotatable bonds is 4. The van der Waals surface area contributed by atoms with Crippen LogP contribution in [0.25, 0.3) is 0 Å². The number of nitro benzene ring substituents is 1. The first-order valence-corrected chi connectivity index (χ1v) is 8.35. The summed E-state index contributed by atoms with van der Waals surface area (Å²) in [7, 11) is 2.03. The number of piperidine rings is 1. The van der Waals surface area contributed by atoms with Gasteiger partial charge in [-0.3, -0.25) is 10.1 Å². The van der Waals surface area contributed by atoms with E-state index in [2.05, 4.69) is 4.90 Å². The molecule has 1 fully saturated rings. The van der Waals surface area contributed by atoms with Crippen molar-refractivity contribution in [2.45, 2.75) is 18.4 Å². The van der Waals surface area contributed by atoms with Crippen LogP contribution in [-0.2, 0) is 5.60 Å². The maximum absolute atomic E-state index is 14.0. The number of nitro groups is 1. The Morgan fingerprint density at radius 2 is 1.84 bits per heavy atom. The van der Waals surface area contributed by atoms with Gasteiger partial charge in [-0.15, -0.1) is 0 Å². The molecule has 1 aliphatic heterocycles. The third-order valence-corrected chi connectivity index (χ3v) is 4.91. The molecule has 25 heavy (non-hydrogen) atoms. The normalized spacial score (nSPS) is 17.2. The number of likely N-dealkylation sites (tertiary alicyclic amines) is 1. The van der Waals surface area contributed by atoms with Crippen LogP contribution >= 0.6 is 11.6 Å². The highest BCUT2D eigenvalue weighted by molar-refractivity contribution is 6.30. The lowest BCUT2D eigenvalue weighted by Crippen LogP contribution is -2.44. The summed E-state index contributed by atoms with van der Waals surface area (Å²) in [5.41, 5.74) is 0.0387. The Labute approximate surface area is 150 Å². The second kappa shape index (κ2) is 6.98. The zero-order valence-electron chi connectivity index (χ0n) is 13.7. The van der Waals surface area contributed by atoms with Gasteiger partial charge in [0.25, 0.3) is 5.69 Å². The SMILES string of the molecule is CN1CCC(Oc2ccc([N+](=O)[O-])cc2)(c2ccc(Cl)c(F)c2)CC1. The quantitative estimate of drug-likeness (QED) is 0.596. The number of ether oxygens (including phenoxy) is 1. The van der Waals surface area contributed by atoms with E-state index in [1.54, 1.807) is 18.2 Å². The van der Waals surface area contributed by atoms with Gasteiger partial charge in [-0.25, -0.2) is 4.39 Å². The van der Waals surface area contributed by atoms with Crippen molar-refractivity contribution in [3.05, 3.63) is 69.0 Å². The van der Waals surface area contributed by atoms with Gasteiger partial charge in [-0.1, -0.05) is 17.7 Å². The molecule has 0 N–H and O–H groups in total. The van der Waals surface area contributed by atoms with Crippen molar-refractivity contribution in [2.24, 2.45) is 0 Å². The van der Waals surface area contributed by atoms with E-state index >= 15 is 0 Å². The number of hydrogen-bond donors (Lipinski definition) is 0. The number of halogens is 2. The fraction of sp³-hybridized carbons (Fsp3) is 0.333. The van der Waals surface area contributed by atoms with E-state index in [9.17, 15) is 14.5 Å². The van der Waals surface area contributed by atoms with Crippen LogP contribution in [0.3, 0.4) is 0 Å². The molecule has 0 aliphatic carbocycles. The molecule has 0 aromatic heterocycles. The Morgan fingerprint density at radius 1 is 1.20 bits per heavy atom. The minimum atomic E-state index is -0.686. The molecule has 0 spiro atoms. The first-order valence-electron chi connectivity index (χ1n) is 7.97. The van der Waals surface area contributed by atoms with Gasteiger partial charge in [0.05, 0.1) is 9.95 Å².